The van der Waals surface area contributed by atoms with Gasteiger partial charge in [-0.2, -0.15) is 10.2 Å². The zero-order chi connectivity index (χ0) is 17.3. The Labute approximate surface area is 145 Å². The summed E-state index contributed by atoms with van der Waals surface area (Å²) in [5.41, 5.74) is 3.93. The van der Waals surface area contributed by atoms with Crippen molar-refractivity contribution in [1.82, 2.24) is 19.6 Å². The van der Waals surface area contributed by atoms with Crippen molar-refractivity contribution in [2.24, 2.45) is 7.05 Å². The first-order valence-electron chi connectivity index (χ1n) is 7.52. The van der Waals surface area contributed by atoms with E-state index in [1.807, 2.05) is 45.2 Å². The van der Waals surface area contributed by atoms with Gasteiger partial charge in [-0.05, 0) is 31.5 Å². The van der Waals surface area contributed by atoms with Gasteiger partial charge in [0.05, 0.1) is 29.0 Å². The largest absolute Gasteiger partial charge is 0.322 e. The minimum absolute atomic E-state index is 0.155. The minimum Gasteiger partial charge on any atom is -0.322 e. The highest BCUT2D eigenvalue weighted by Gasteiger charge is 2.17. The normalized spacial score (nSPS) is 10.8. The lowest BCUT2D eigenvalue weighted by atomic mass is 10.1. The van der Waals surface area contributed by atoms with Crippen LogP contribution in [0.25, 0.3) is 0 Å². The van der Waals surface area contributed by atoms with E-state index in [1.54, 1.807) is 21.8 Å². The molecule has 3 rings (SSSR count). The molecule has 0 aliphatic heterocycles. The topological polar surface area (TPSA) is 64.7 Å². The first-order valence-corrected chi connectivity index (χ1v) is 7.90. The SMILES string of the molecule is Cc1nn(C)c(C)c1C(=O)Nc1cccc(Cn2cc(Cl)cn2)c1. The Bertz CT molecular complexity index is 896. The summed E-state index contributed by atoms with van der Waals surface area (Å²) in [5, 5.41) is 12.0. The number of nitrogens with one attached hydrogen (secondary N) is 1. The number of amides is 1. The van der Waals surface area contributed by atoms with E-state index in [0.717, 1.165) is 22.6 Å². The summed E-state index contributed by atoms with van der Waals surface area (Å²) in [4.78, 5) is 12.5. The molecule has 0 aliphatic carbocycles. The maximum atomic E-state index is 12.5. The minimum atomic E-state index is -0.155. The van der Waals surface area contributed by atoms with Crippen molar-refractivity contribution < 1.29 is 4.79 Å². The Morgan fingerprint density at radius 1 is 1.33 bits per heavy atom. The maximum Gasteiger partial charge on any atom is 0.259 e. The Morgan fingerprint density at radius 3 is 2.75 bits per heavy atom. The van der Waals surface area contributed by atoms with Gasteiger partial charge in [-0.3, -0.25) is 14.2 Å². The van der Waals surface area contributed by atoms with E-state index in [4.69, 9.17) is 11.6 Å². The van der Waals surface area contributed by atoms with E-state index in [0.29, 0.717) is 17.1 Å². The summed E-state index contributed by atoms with van der Waals surface area (Å²) in [6, 6.07) is 7.66. The number of hydrogen-bond acceptors (Lipinski definition) is 3. The number of carbonyl (C=O) groups excluding carboxylic acids is 1. The van der Waals surface area contributed by atoms with Gasteiger partial charge in [0.15, 0.2) is 0 Å². The van der Waals surface area contributed by atoms with Crippen molar-refractivity contribution in [3.8, 4) is 0 Å². The van der Waals surface area contributed by atoms with Crippen molar-refractivity contribution in [3.05, 3.63) is 64.2 Å². The van der Waals surface area contributed by atoms with E-state index in [-0.39, 0.29) is 5.91 Å². The van der Waals surface area contributed by atoms with Crippen LogP contribution in [0.4, 0.5) is 5.69 Å². The molecule has 2 heterocycles. The van der Waals surface area contributed by atoms with Gasteiger partial charge in [0, 0.05) is 24.6 Å². The molecule has 24 heavy (non-hydrogen) atoms. The van der Waals surface area contributed by atoms with Crippen LogP contribution in [0.1, 0.15) is 27.3 Å². The van der Waals surface area contributed by atoms with Crippen LogP contribution in [0, 0.1) is 13.8 Å². The van der Waals surface area contributed by atoms with Crippen molar-refractivity contribution >= 4 is 23.2 Å². The molecule has 6 nitrogen and oxygen atoms in total. The van der Waals surface area contributed by atoms with Crippen LogP contribution in [0.2, 0.25) is 5.02 Å². The van der Waals surface area contributed by atoms with Crippen LogP contribution in [0.15, 0.2) is 36.7 Å². The third kappa shape index (κ3) is 3.33. The number of carbonyl (C=O) groups is 1. The molecule has 1 aromatic carbocycles. The molecule has 0 unspecified atom stereocenters. The van der Waals surface area contributed by atoms with E-state index < -0.39 is 0 Å². The number of nitrogens with zero attached hydrogens (tertiary/aromatic N) is 4. The summed E-state index contributed by atoms with van der Waals surface area (Å²) < 4.78 is 3.46. The number of halogens is 1. The number of aryl methyl sites for hydroxylation is 2. The second kappa shape index (κ2) is 6.49. The van der Waals surface area contributed by atoms with Gasteiger partial charge in [0.2, 0.25) is 0 Å². The molecule has 0 spiro atoms. The van der Waals surface area contributed by atoms with E-state index in [9.17, 15) is 4.79 Å². The van der Waals surface area contributed by atoms with Crippen molar-refractivity contribution in [2.75, 3.05) is 5.32 Å². The second-order valence-corrected chi connectivity index (χ2v) is 6.12. The van der Waals surface area contributed by atoms with Gasteiger partial charge in [0.1, 0.15) is 0 Å². The first-order chi connectivity index (χ1) is 11.4. The molecule has 0 aliphatic rings. The molecule has 0 atom stereocenters. The number of benzene rings is 1. The van der Waals surface area contributed by atoms with E-state index >= 15 is 0 Å². The zero-order valence-electron chi connectivity index (χ0n) is 13.7. The average Bonchev–Trinajstić information content (AvgIpc) is 3.03. The number of hydrogen-bond donors (Lipinski definition) is 1. The smallest absolute Gasteiger partial charge is 0.259 e. The molecular weight excluding hydrogens is 326 g/mol. The van der Waals surface area contributed by atoms with Crippen LogP contribution >= 0.6 is 11.6 Å². The Balaban J connectivity index is 1.78. The van der Waals surface area contributed by atoms with Crippen LogP contribution in [-0.4, -0.2) is 25.5 Å². The molecule has 1 N–H and O–H groups in total. The molecule has 2 aromatic heterocycles. The lowest BCUT2D eigenvalue weighted by molar-refractivity contribution is 0.102. The highest BCUT2D eigenvalue weighted by molar-refractivity contribution is 6.30. The number of aromatic nitrogens is 4. The standard InChI is InChI=1S/C17H18ClN5O/c1-11-16(12(2)22(3)21-11)17(24)20-15-6-4-5-13(7-15)9-23-10-14(18)8-19-23/h4-8,10H,9H2,1-3H3,(H,20,24). The summed E-state index contributed by atoms with van der Waals surface area (Å²) in [6.45, 7) is 4.30. The molecule has 0 bridgehead atoms. The highest BCUT2D eigenvalue weighted by Crippen LogP contribution is 2.17. The summed E-state index contributed by atoms with van der Waals surface area (Å²) in [5.74, 6) is -0.155. The molecule has 7 heteroatoms. The maximum absolute atomic E-state index is 12.5. The van der Waals surface area contributed by atoms with Gasteiger partial charge >= 0.3 is 0 Å². The van der Waals surface area contributed by atoms with E-state index in [1.165, 1.54) is 0 Å². The molecule has 0 radical (unpaired) electrons. The number of rotatable bonds is 4. The Kier molecular flexibility index (Phi) is 4.40. The van der Waals surface area contributed by atoms with Gasteiger partial charge in [0.25, 0.3) is 5.91 Å². The van der Waals surface area contributed by atoms with Crippen molar-refractivity contribution in [2.45, 2.75) is 20.4 Å². The predicted octanol–water partition coefficient (Wildman–Crippen LogP) is 3.19. The van der Waals surface area contributed by atoms with Gasteiger partial charge in [-0.1, -0.05) is 23.7 Å². The van der Waals surface area contributed by atoms with Crippen LogP contribution in [0.5, 0.6) is 0 Å². The molecule has 0 fully saturated rings. The zero-order valence-corrected chi connectivity index (χ0v) is 14.5. The first kappa shape index (κ1) is 16.3. The van der Waals surface area contributed by atoms with Gasteiger partial charge in [-0.15, -0.1) is 0 Å². The van der Waals surface area contributed by atoms with E-state index in [2.05, 4.69) is 15.5 Å². The lowest BCUT2D eigenvalue weighted by Gasteiger charge is -2.08. The molecule has 1 amide bonds. The third-order valence-corrected chi connectivity index (χ3v) is 4.06. The molecule has 0 saturated heterocycles. The average molecular weight is 344 g/mol. The number of anilines is 1. The predicted molar refractivity (Wildman–Crippen MR) is 93.4 cm³/mol. The van der Waals surface area contributed by atoms with Gasteiger partial charge in [-0.25, -0.2) is 0 Å². The third-order valence-electron chi connectivity index (χ3n) is 3.87. The lowest BCUT2D eigenvalue weighted by Crippen LogP contribution is -2.14. The van der Waals surface area contributed by atoms with Crippen molar-refractivity contribution in [3.63, 3.8) is 0 Å². The fourth-order valence-corrected chi connectivity index (χ4v) is 2.81. The molecular formula is C17H18ClN5O. The molecule has 124 valence electrons. The van der Waals surface area contributed by atoms with Crippen molar-refractivity contribution in [1.29, 1.82) is 0 Å². The van der Waals surface area contributed by atoms with Crippen LogP contribution < -0.4 is 5.32 Å². The van der Waals surface area contributed by atoms with Crippen LogP contribution in [-0.2, 0) is 13.6 Å². The Hall–Kier alpha value is -2.60. The summed E-state index contributed by atoms with van der Waals surface area (Å²) >= 11 is 5.88. The summed E-state index contributed by atoms with van der Waals surface area (Å²) in [7, 11) is 1.83. The Morgan fingerprint density at radius 2 is 2.12 bits per heavy atom. The van der Waals surface area contributed by atoms with Crippen LogP contribution in [0.3, 0.4) is 0 Å². The summed E-state index contributed by atoms with van der Waals surface area (Å²) in [6.07, 6.45) is 3.36. The fourth-order valence-electron chi connectivity index (χ4n) is 2.66. The second-order valence-electron chi connectivity index (χ2n) is 5.68. The monoisotopic (exact) mass is 343 g/mol. The fraction of sp³-hybridized carbons (Fsp3) is 0.235. The highest BCUT2D eigenvalue weighted by atomic mass is 35.5. The quantitative estimate of drug-likeness (QED) is 0.791. The molecule has 3 aromatic rings. The van der Waals surface area contributed by atoms with Gasteiger partial charge < -0.3 is 5.32 Å². The molecule has 0 saturated carbocycles.